The molecule has 0 radical (unpaired) electrons. The molecule has 33 heavy (non-hydrogen) atoms. The smallest absolute Gasteiger partial charge is 0.338 e. The number of ether oxygens (including phenoxy) is 2. The van der Waals surface area contributed by atoms with Gasteiger partial charge in [0.15, 0.2) is 0 Å². The molecule has 2 aromatic carbocycles. The van der Waals surface area contributed by atoms with Crippen molar-refractivity contribution < 1.29 is 19.1 Å². The molecule has 6 heteroatoms. The second kappa shape index (κ2) is 11.9. The molecule has 0 saturated heterocycles. The SMILES string of the molecule is C=CCC1CCC(OC(=O)c2ccc(/C=C/C(=O)OCCc3cc(N)ccc3N)cc2)CC1. The summed E-state index contributed by atoms with van der Waals surface area (Å²) in [6, 6.07) is 12.2. The number of nitrogens with two attached hydrogens (primary N) is 2. The minimum atomic E-state index is -0.451. The van der Waals surface area contributed by atoms with Gasteiger partial charge in [-0.15, -0.1) is 6.58 Å². The van der Waals surface area contributed by atoms with Crippen LogP contribution in [-0.2, 0) is 20.7 Å². The third kappa shape index (κ3) is 7.52. The van der Waals surface area contributed by atoms with Gasteiger partial charge >= 0.3 is 11.9 Å². The maximum absolute atomic E-state index is 12.4. The van der Waals surface area contributed by atoms with Crippen LogP contribution in [0, 0.1) is 5.92 Å². The summed E-state index contributed by atoms with van der Waals surface area (Å²) >= 11 is 0. The van der Waals surface area contributed by atoms with Crippen molar-refractivity contribution in [1.29, 1.82) is 0 Å². The van der Waals surface area contributed by atoms with Crippen LogP contribution in [-0.4, -0.2) is 24.6 Å². The Hall–Kier alpha value is -3.54. The number of esters is 2. The minimum absolute atomic E-state index is 0.0180. The van der Waals surface area contributed by atoms with Crippen LogP contribution in [0.25, 0.3) is 6.08 Å². The van der Waals surface area contributed by atoms with Gasteiger partial charge in [-0.25, -0.2) is 9.59 Å². The van der Waals surface area contributed by atoms with E-state index in [2.05, 4.69) is 6.58 Å². The zero-order valence-corrected chi connectivity index (χ0v) is 18.9. The van der Waals surface area contributed by atoms with Gasteiger partial charge in [-0.3, -0.25) is 0 Å². The number of carbonyl (C=O) groups excluding carboxylic acids is 2. The monoisotopic (exact) mass is 448 g/mol. The Balaban J connectivity index is 1.42. The Morgan fingerprint density at radius 3 is 2.45 bits per heavy atom. The maximum atomic E-state index is 12.4. The fourth-order valence-corrected chi connectivity index (χ4v) is 3.99. The van der Waals surface area contributed by atoms with Crippen LogP contribution in [0.2, 0.25) is 0 Å². The van der Waals surface area contributed by atoms with Gasteiger partial charge in [0.25, 0.3) is 0 Å². The van der Waals surface area contributed by atoms with Crippen molar-refractivity contribution in [2.45, 2.75) is 44.6 Å². The van der Waals surface area contributed by atoms with Crippen molar-refractivity contribution in [3.8, 4) is 0 Å². The number of hydrogen-bond acceptors (Lipinski definition) is 6. The van der Waals surface area contributed by atoms with E-state index in [9.17, 15) is 9.59 Å². The molecule has 0 heterocycles. The van der Waals surface area contributed by atoms with E-state index in [1.165, 1.54) is 6.08 Å². The lowest BCUT2D eigenvalue weighted by Gasteiger charge is -2.27. The quantitative estimate of drug-likeness (QED) is 0.244. The molecule has 174 valence electrons. The van der Waals surface area contributed by atoms with Gasteiger partial charge in [0.1, 0.15) is 6.10 Å². The van der Waals surface area contributed by atoms with Crippen LogP contribution < -0.4 is 11.5 Å². The molecular formula is C27H32N2O4. The number of carbonyl (C=O) groups is 2. The molecule has 4 N–H and O–H groups in total. The molecule has 0 aromatic heterocycles. The van der Waals surface area contributed by atoms with Crippen LogP contribution in [0.1, 0.15) is 53.6 Å². The molecule has 0 aliphatic heterocycles. The summed E-state index contributed by atoms with van der Waals surface area (Å²) < 4.78 is 10.9. The molecule has 0 atom stereocenters. The van der Waals surface area contributed by atoms with Crippen molar-refractivity contribution >= 4 is 29.4 Å². The molecule has 0 amide bonds. The Morgan fingerprint density at radius 2 is 1.76 bits per heavy atom. The minimum Gasteiger partial charge on any atom is -0.462 e. The van der Waals surface area contributed by atoms with Crippen molar-refractivity contribution in [2.24, 2.45) is 5.92 Å². The largest absolute Gasteiger partial charge is 0.462 e. The van der Waals surface area contributed by atoms with Gasteiger partial charge < -0.3 is 20.9 Å². The van der Waals surface area contributed by atoms with E-state index in [0.29, 0.717) is 29.3 Å². The first-order valence-electron chi connectivity index (χ1n) is 11.3. The van der Waals surface area contributed by atoms with Crippen LogP contribution >= 0.6 is 0 Å². The molecule has 0 spiro atoms. The van der Waals surface area contributed by atoms with E-state index in [4.69, 9.17) is 20.9 Å². The lowest BCUT2D eigenvalue weighted by Crippen LogP contribution is -2.24. The van der Waals surface area contributed by atoms with Gasteiger partial charge in [0.05, 0.1) is 12.2 Å². The van der Waals surface area contributed by atoms with E-state index in [-0.39, 0.29) is 18.7 Å². The molecule has 0 unspecified atom stereocenters. The molecular weight excluding hydrogens is 416 g/mol. The highest BCUT2D eigenvalue weighted by atomic mass is 16.5. The first-order valence-corrected chi connectivity index (χ1v) is 11.3. The molecule has 3 rings (SSSR count). The molecule has 1 saturated carbocycles. The Kier molecular flexibility index (Phi) is 8.70. The first-order chi connectivity index (χ1) is 15.9. The number of anilines is 2. The second-order valence-electron chi connectivity index (χ2n) is 8.40. The zero-order valence-electron chi connectivity index (χ0n) is 18.9. The van der Waals surface area contributed by atoms with E-state index >= 15 is 0 Å². The molecule has 2 aromatic rings. The van der Waals surface area contributed by atoms with Crippen LogP contribution in [0.3, 0.4) is 0 Å². The number of hydrogen-bond donors (Lipinski definition) is 2. The normalized spacial score (nSPS) is 18.1. The van der Waals surface area contributed by atoms with Gasteiger partial charge in [0.2, 0.25) is 0 Å². The van der Waals surface area contributed by atoms with E-state index in [1.54, 1.807) is 48.5 Å². The molecule has 1 fully saturated rings. The van der Waals surface area contributed by atoms with Crippen LogP contribution in [0.4, 0.5) is 11.4 Å². The maximum Gasteiger partial charge on any atom is 0.338 e. The topological polar surface area (TPSA) is 105 Å². The first kappa shape index (κ1) is 24.1. The predicted octanol–water partition coefficient (Wildman–Crippen LogP) is 4.94. The highest BCUT2D eigenvalue weighted by molar-refractivity contribution is 5.90. The van der Waals surface area contributed by atoms with Gasteiger partial charge in [0, 0.05) is 23.9 Å². The van der Waals surface area contributed by atoms with Crippen molar-refractivity contribution in [3.05, 3.63) is 77.9 Å². The summed E-state index contributed by atoms with van der Waals surface area (Å²) in [4.78, 5) is 24.4. The fourth-order valence-electron chi connectivity index (χ4n) is 3.99. The van der Waals surface area contributed by atoms with Crippen molar-refractivity contribution in [3.63, 3.8) is 0 Å². The second-order valence-corrected chi connectivity index (χ2v) is 8.40. The third-order valence-electron chi connectivity index (χ3n) is 5.91. The summed E-state index contributed by atoms with van der Waals surface area (Å²) in [5.74, 6) is -0.101. The number of benzene rings is 2. The standard InChI is InChI=1S/C27H32N2O4/c1-2-3-19-6-12-24(13-7-19)33-27(31)21-9-4-20(5-10-21)8-15-26(30)32-17-16-22-18-23(28)11-14-25(22)29/h2,4-5,8-11,14-15,18-19,24H,1,3,6-7,12-13,16-17,28-29H2/b15-8+. The van der Waals surface area contributed by atoms with Crippen LogP contribution in [0.15, 0.2) is 61.2 Å². The molecule has 0 bridgehead atoms. The number of rotatable bonds is 9. The van der Waals surface area contributed by atoms with Gasteiger partial charge in [-0.05, 0) is 85.6 Å². The fraction of sp³-hybridized carbons (Fsp3) is 0.333. The summed E-state index contributed by atoms with van der Waals surface area (Å²) in [6.45, 7) is 4.00. The Morgan fingerprint density at radius 1 is 1.03 bits per heavy atom. The molecule has 1 aliphatic carbocycles. The zero-order chi connectivity index (χ0) is 23.6. The Labute approximate surface area is 195 Å². The average molecular weight is 449 g/mol. The Bertz CT molecular complexity index is 990. The summed E-state index contributed by atoms with van der Waals surface area (Å²) in [6.07, 6.45) is 10.4. The van der Waals surface area contributed by atoms with Crippen molar-refractivity contribution in [2.75, 3.05) is 18.1 Å². The number of allylic oxidation sites excluding steroid dienone is 1. The van der Waals surface area contributed by atoms with E-state index in [1.807, 2.05) is 6.08 Å². The highest BCUT2D eigenvalue weighted by Crippen LogP contribution is 2.29. The summed E-state index contributed by atoms with van der Waals surface area (Å²) in [5, 5.41) is 0. The summed E-state index contributed by atoms with van der Waals surface area (Å²) in [5.41, 5.74) is 15.0. The molecule has 6 nitrogen and oxygen atoms in total. The highest BCUT2D eigenvalue weighted by Gasteiger charge is 2.23. The van der Waals surface area contributed by atoms with Gasteiger partial charge in [-0.1, -0.05) is 18.2 Å². The van der Waals surface area contributed by atoms with Crippen LogP contribution in [0.5, 0.6) is 0 Å². The lowest BCUT2D eigenvalue weighted by atomic mass is 9.85. The van der Waals surface area contributed by atoms with E-state index in [0.717, 1.165) is 43.2 Å². The predicted molar refractivity (Wildman–Crippen MR) is 131 cm³/mol. The average Bonchev–Trinajstić information content (AvgIpc) is 2.81. The summed E-state index contributed by atoms with van der Waals surface area (Å²) in [7, 11) is 0. The lowest BCUT2D eigenvalue weighted by molar-refractivity contribution is -0.137. The van der Waals surface area contributed by atoms with E-state index < -0.39 is 5.97 Å². The van der Waals surface area contributed by atoms with Crippen molar-refractivity contribution in [1.82, 2.24) is 0 Å². The van der Waals surface area contributed by atoms with Gasteiger partial charge in [-0.2, -0.15) is 0 Å². The molecule has 1 aliphatic rings. The number of nitrogen functional groups attached to an aromatic ring is 2. The third-order valence-corrected chi connectivity index (χ3v) is 5.91.